The highest BCUT2D eigenvalue weighted by atomic mass is 16.2. The van der Waals surface area contributed by atoms with Gasteiger partial charge >= 0.3 is 6.03 Å². The van der Waals surface area contributed by atoms with Crippen LogP contribution in [0.5, 0.6) is 0 Å². The molecule has 5 nitrogen and oxygen atoms in total. The molecule has 2 aromatic rings. The minimum atomic E-state index is -0.0670. The van der Waals surface area contributed by atoms with Crippen molar-refractivity contribution in [1.82, 2.24) is 20.2 Å². The lowest BCUT2D eigenvalue weighted by atomic mass is 10.1. The molecule has 2 N–H and O–H groups in total. The molecule has 2 heterocycles. The van der Waals surface area contributed by atoms with Crippen LogP contribution in [0.4, 0.5) is 4.79 Å². The zero-order valence-corrected chi connectivity index (χ0v) is 14.6. The maximum Gasteiger partial charge on any atom is 0.314 e. The molecular weight excluding hydrogens is 312 g/mol. The summed E-state index contributed by atoms with van der Waals surface area (Å²) in [5.74, 6) is 2.39. The van der Waals surface area contributed by atoms with E-state index in [1.807, 2.05) is 6.07 Å². The van der Waals surface area contributed by atoms with Crippen molar-refractivity contribution >= 4 is 6.03 Å². The van der Waals surface area contributed by atoms with Crippen LogP contribution in [-0.4, -0.2) is 28.7 Å². The Hall–Kier alpha value is -2.30. The van der Waals surface area contributed by atoms with Gasteiger partial charge in [-0.3, -0.25) is 0 Å². The molecule has 1 aromatic carbocycles. The number of fused-ring (bicyclic) bond motifs is 1. The molecule has 4 rings (SSSR count). The molecule has 1 saturated carbocycles. The van der Waals surface area contributed by atoms with E-state index in [0.717, 1.165) is 31.6 Å². The summed E-state index contributed by atoms with van der Waals surface area (Å²) in [5.41, 5.74) is 2.47. The first-order chi connectivity index (χ1) is 12.3. The van der Waals surface area contributed by atoms with Crippen molar-refractivity contribution in [2.45, 2.75) is 44.6 Å². The monoisotopic (exact) mass is 338 g/mol. The van der Waals surface area contributed by atoms with Gasteiger partial charge in [-0.15, -0.1) is 0 Å². The molecule has 1 aliphatic heterocycles. The number of urea groups is 1. The van der Waals surface area contributed by atoms with Crippen molar-refractivity contribution in [3.63, 3.8) is 0 Å². The zero-order chi connectivity index (χ0) is 17.1. The molecule has 0 bridgehead atoms. The molecule has 25 heavy (non-hydrogen) atoms. The fourth-order valence-electron chi connectivity index (χ4n) is 3.76. The zero-order valence-electron chi connectivity index (χ0n) is 14.6. The van der Waals surface area contributed by atoms with E-state index in [1.165, 1.54) is 30.7 Å². The third kappa shape index (κ3) is 4.03. The van der Waals surface area contributed by atoms with Gasteiger partial charge in [-0.2, -0.15) is 0 Å². The number of amides is 2. The topological polar surface area (TPSA) is 59.0 Å². The van der Waals surface area contributed by atoms with Crippen LogP contribution >= 0.6 is 0 Å². The van der Waals surface area contributed by atoms with Crippen LogP contribution < -0.4 is 10.6 Å². The van der Waals surface area contributed by atoms with Gasteiger partial charge in [-0.1, -0.05) is 30.3 Å². The van der Waals surface area contributed by atoms with E-state index >= 15 is 0 Å². The molecule has 0 spiro atoms. The second-order valence-corrected chi connectivity index (χ2v) is 7.20. The molecule has 132 valence electrons. The number of carbonyl (C=O) groups excluding carboxylic acids is 1. The first-order valence-electron chi connectivity index (χ1n) is 9.41. The van der Waals surface area contributed by atoms with E-state index in [0.29, 0.717) is 18.4 Å². The van der Waals surface area contributed by atoms with Gasteiger partial charge < -0.3 is 15.2 Å². The second-order valence-electron chi connectivity index (χ2n) is 7.20. The van der Waals surface area contributed by atoms with E-state index in [4.69, 9.17) is 0 Å². The third-order valence-corrected chi connectivity index (χ3v) is 5.30. The summed E-state index contributed by atoms with van der Waals surface area (Å²) in [5, 5.41) is 5.95. The van der Waals surface area contributed by atoms with Gasteiger partial charge in [-0.25, -0.2) is 9.78 Å². The number of nitrogens with zero attached hydrogens (tertiary/aromatic N) is 2. The van der Waals surface area contributed by atoms with E-state index in [9.17, 15) is 4.79 Å². The number of benzene rings is 1. The summed E-state index contributed by atoms with van der Waals surface area (Å²) in [6.45, 7) is 2.47. The largest absolute Gasteiger partial charge is 0.338 e. The van der Waals surface area contributed by atoms with Gasteiger partial charge in [0.05, 0.1) is 5.69 Å². The predicted molar refractivity (Wildman–Crippen MR) is 97.6 cm³/mol. The molecular formula is C20H26N4O. The maximum atomic E-state index is 12.0. The molecule has 2 aliphatic rings. The Balaban J connectivity index is 1.15. The highest BCUT2D eigenvalue weighted by Gasteiger charge is 2.37. The number of hydrogen-bond donors (Lipinski definition) is 2. The minimum Gasteiger partial charge on any atom is -0.338 e. The minimum absolute atomic E-state index is 0.0670. The number of carbonyl (C=O) groups is 1. The van der Waals surface area contributed by atoms with Crippen LogP contribution in [0, 0.1) is 5.92 Å². The Morgan fingerprint density at radius 2 is 2.08 bits per heavy atom. The summed E-state index contributed by atoms with van der Waals surface area (Å²) in [6, 6.07) is 10.5. The summed E-state index contributed by atoms with van der Waals surface area (Å²) in [4.78, 5) is 16.6. The summed E-state index contributed by atoms with van der Waals surface area (Å²) in [7, 11) is 0. The fourth-order valence-corrected chi connectivity index (χ4v) is 3.76. The van der Waals surface area contributed by atoms with E-state index in [2.05, 4.69) is 50.6 Å². The van der Waals surface area contributed by atoms with Crippen LogP contribution in [-0.2, 0) is 19.4 Å². The van der Waals surface area contributed by atoms with Crippen molar-refractivity contribution < 1.29 is 4.79 Å². The van der Waals surface area contributed by atoms with Gasteiger partial charge in [-0.05, 0) is 36.7 Å². The van der Waals surface area contributed by atoms with Gasteiger partial charge in [0, 0.05) is 38.7 Å². The third-order valence-electron chi connectivity index (χ3n) is 5.30. The van der Waals surface area contributed by atoms with Crippen LogP contribution in [0.15, 0.2) is 36.5 Å². The Labute approximate surface area is 148 Å². The smallest absolute Gasteiger partial charge is 0.314 e. The van der Waals surface area contributed by atoms with Crippen molar-refractivity contribution in [1.29, 1.82) is 0 Å². The molecule has 1 fully saturated rings. The second kappa shape index (κ2) is 7.30. The lowest BCUT2D eigenvalue weighted by Crippen LogP contribution is -2.37. The van der Waals surface area contributed by atoms with Gasteiger partial charge in [0.2, 0.25) is 0 Å². The normalized spacial score (nSPS) is 21.4. The first-order valence-corrected chi connectivity index (χ1v) is 9.41. The van der Waals surface area contributed by atoms with Gasteiger partial charge in [0.1, 0.15) is 5.82 Å². The number of nitrogens with one attached hydrogen (secondary N) is 2. The van der Waals surface area contributed by atoms with E-state index in [-0.39, 0.29) is 6.03 Å². The molecule has 0 saturated heterocycles. The van der Waals surface area contributed by atoms with Gasteiger partial charge in [0.15, 0.2) is 0 Å². The SMILES string of the molecule is O=C(NCCc1cn2c(n1)CCCC2)NC[C@H]1C[C@@H]1c1ccccc1. The number of aryl methyl sites for hydroxylation is 2. The van der Waals surface area contributed by atoms with Crippen molar-refractivity contribution in [3.8, 4) is 0 Å². The Bertz CT molecular complexity index is 701. The molecule has 0 radical (unpaired) electrons. The standard InChI is InChI=1S/C20H26N4O/c25-20(22-13-16-12-18(16)15-6-2-1-3-7-15)21-10-9-17-14-24-11-5-4-8-19(24)23-17/h1-3,6-7,14,16,18H,4-5,8-13H2,(H2,21,22,25)/t16-,18-/m1/s1. The highest BCUT2D eigenvalue weighted by Crippen LogP contribution is 2.46. The average molecular weight is 338 g/mol. The number of rotatable bonds is 6. The summed E-state index contributed by atoms with van der Waals surface area (Å²) >= 11 is 0. The van der Waals surface area contributed by atoms with E-state index in [1.54, 1.807) is 0 Å². The average Bonchev–Trinajstić information content (AvgIpc) is 3.31. The molecule has 0 unspecified atom stereocenters. The molecule has 5 heteroatoms. The molecule has 2 atom stereocenters. The van der Waals surface area contributed by atoms with Crippen LogP contribution in [0.1, 0.15) is 42.3 Å². The van der Waals surface area contributed by atoms with Crippen LogP contribution in [0.3, 0.4) is 0 Å². The highest BCUT2D eigenvalue weighted by molar-refractivity contribution is 5.73. The molecule has 1 aliphatic carbocycles. The van der Waals surface area contributed by atoms with Crippen LogP contribution in [0.25, 0.3) is 0 Å². The number of imidazole rings is 1. The summed E-state index contributed by atoms with van der Waals surface area (Å²) in [6.07, 6.45) is 7.67. The predicted octanol–water partition coefficient (Wildman–Crippen LogP) is 2.86. The Morgan fingerprint density at radius 3 is 2.92 bits per heavy atom. The molecule has 2 amide bonds. The molecule has 1 aromatic heterocycles. The number of hydrogen-bond acceptors (Lipinski definition) is 2. The van der Waals surface area contributed by atoms with Crippen molar-refractivity contribution in [2.24, 2.45) is 5.92 Å². The lowest BCUT2D eigenvalue weighted by molar-refractivity contribution is 0.240. The Morgan fingerprint density at radius 1 is 1.20 bits per heavy atom. The fraction of sp³-hybridized carbons (Fsp3) is 0.500. The summed E-state index contributed by atoms with van der Waals surface area (Å²) < 4.78 is 2.26. The van der Waals surface area contributed by atoms with Crippen molar-refractivity contribution in [2.75, 3.05) is 13.1 Å². The first kappa shape index (κ1) is 16.2. The van der Waals surface area contributed by atoms with Crippen LogP contribution in [0.2, 0.25) is 0 Å². The quantitative estimate of drug-likeness (QED) is 0.851. The van der Waals surface area contributed by atoms with E-state index < -0.39 is 0 Å². The van der Waals surface area contributed by atoms with Gasteiger partial charge in [0.25, 0.3) is 0 Å². The van der Waals surface area contributed by atoms with Crippen molar-refractivity contribution in [3.05, 3.63) is 53.6 Å². The Kier molecular flexibility index (Phi) is 4.72. The number of aromatic nitrogens is 2. The lowest BCUT2D eigenvalue weighted by Gasteiger charge is -2.11. The maximum absolute atomic E-state index is 12.0.